The Bertz CT molecular complexity index is 747. The number of para-hydroxylation sites is 2. The Morgan fingerprint density at radius 1 is 1.04 bits per heavy atom. The molecule has 0 saturated heterocycles. The van der Waals surface area contributed by atoms with Gasteiger partial charge in [0.15, 0.2) is 12.2 Å². The molecule has 7 heteroatoms. The lowest BCUT2D eigenvalue weighted by molar-refractivity contribution is -0.160. The maximum Gasteiger partial charge on any atom is 0.348 e. The highest BCUT2D eigenvalue weighted by atomic mass is 19.1. The van der Waals surface area contributed by atoms with Crippen LogP contribution in [0.15, 0.2) is 48.5 Å². The van der Waals surface area contributed by atoms with Crippen molar-refractivity contribution in [1.29, 1.82) is 0 Å². The molecule has 2 aromatic rings. The third-order valence-corrected chi connectivity index (χ3v) is 3.53. The van der Waals surface area contributed by atoms with Crippen molar-refractivity contribution in [2.45, 2.75) is 32.5 Å². The molecule has 0 radical (unpaired) electrons. The van der Waals surface area contributed by atoms with Crippen molar-refractivity contribution >= 4 is 17.6 Å². The maximum absolute atomic E-state index is 13.6. The molecule has 0 unspecified atom stereocenters. The largest absolute Gasteiger partial charge is 0.479 e. The van der Waals surface area contributed by atoms with E-state index < -0.39 is 41.4 Å². The van der Waals surface area contributed by atoms with Crippen molar-refractivity contribution in [3.8, 4) is 5.75 Å². The van der Waals surface area contributed by atoms with Gasteiger partial charge in [-0.1, -0.05) is 31.2 Å². The van der Waals surface area contributed by atoms with Crippen LogP contribution in [-0.4, -0.2) is 24.1 Å². The first-order valence-corrected chi connectivity index (χ1v) is 8.09. The molecule has 2 rings (SSSR count). The van der Waals surface area contributed by atoms with Gasteiger partial charge in [-0.2, -0.15) is 0 Å². The topological polar surface area (TPSA) is 64.6 Å². The molecular formula is C19H19F2NO4. The zero-order valence-corrected chi connectivity index (χ0v) is 14.4. The molecular weight excluding hydrogens is 344 g/mol. The number of hydrogen-bond donors (Lipinski definition) is 1. The first-order valence-electron chi connectivity index (χ1n) is 8.09. The van der Waals surface area contributed by atoms with Gasteiger partial charge in [-0.15, -0.1) is 0 Å². The quantitative estimate of drug-likeness (QED) is 0.762. The highest BCUT2D eigenvalue weighted by Gasteiger charge is 2.26. The van der Waals surface area contributed by atoms with E-state index in [2.05, 4.69) is 5.32 Å². The Morgan fingerprint density at radius 3 is 2.23 bits per heavy atom. The summed E-state index contributed by atoms with van der Waals surface area (Å²) >= 11 is 0. The van der Waals surface area contributed by atoms with E-state index >= 15 is 0 Å². The van der Waals surface area contributed by atoms with Gasteiger partial charge in [0.25, 0.3) is 5.91 Å². The van der Waals surface area contributed by atoms with Crippen LogP contribution in [0.3, 0.4) is 0 Å². The summed E-state index contributed by atoms with van der Waals surface area (Å²) in [5.41, 5.74) is -0.590. The van der Waals surface area contributed by atoms with Crippen LogP contribution in [0.5, 0.6) is 5.75 Å². The second-order valence-corrected chi connectivity index (χ2v) is 5.49. The summed E-state index contributed by atoms with van der Waals surface area (Å²) in [7, 11) is 0. The Balaban J connectivity index is 1.97. The zero-order valence-electron chi connectivity index (χ0n) is 14.4. The molecule has 0 saturated carbocycles. The van der Waals surface area contributed by atoms with Gasteiger partial charge in [0.2, 0.25) is 0 Å². The number of nitrogens with one attached hydrogen (secondary N) is 1. The number of rotatable bonds is 7. The average Bonchev–Trinajstić information content (AvgIpc) is 2.63. The van der Waals surface area contributed by atoms with Crippen molar-refractivity contribution in [2.75, 3.05) is 5.32 Å². The van der Waals surface area contributed by atoms with Gasteiger partial charge in [-0.3, -0.25) is 4.79 Å². The Labute approximate surface area is 149 Å². The summed E-state index contributed by atoms with van der Waals surface area (Å²) in [6, 6.07) is 11.9. The van der Waals surface area contributed by atoms with Crippen LogP contribution in [0.25, 0.3) is 0 Å². The Morgan fingerprint density at radius 2 is 1.65 bits per heavy atom. The van der Waals surface area contributed by atoms with Gasteiger partial charge in [0, 0.05) is 0 Å². The first kappa shape index (κ1) is 19.4. The van der Waals surface area contributed by atoms with Gasteiger partial charge >= 0.3 is 5.97 Å². The second-order valence-electron chi connectivity index (χ2n) is 5.49. The number of benzene rings is 2. The molecule has 0 bridgehead atoms. The van der Waals surface area contributed by atoms with Gasteiger partial charge in [0.1, 0.15) is 23.1 Å². The van der Waals surface area contributed by atoms with E-state index in [0.29, 0.717) is 12.2 Å². The van der Waals surface area contributed by atoms with Crippen LogP contribution in [0.1, 0.15) is 20.3 Å². The van der Waals surface area contributed by atoms with Gasteiger partial charge in [0.05, 0.1) is 0 Å². The van der Waals surface area contributed by atoms with Gasteiger partial charge < -0.3 is 14.8 Å². The number of anilines is 1. The maximum atomic E-state index is 13.6. The summed E-state index contributed by atoms with van der Waals surface area (Å²) < 4.78 is 37.8. The molecule has 1 N–H and O–H groups in total. The van der Waals surface area contributed by atoms with Gasteiger partial charge in [-0.05, 0) is 37.6 Å². The van der Waals surface area contributed by atoms with E-state index in [1.54, 1.807) is 37.3 Å². The van der Waals surface area contributed by atoms with Crippen LogP contribution < -0.4 is 10.1 Å². The Kier molecular flexibility index (Phi) is 6.66. The smallest absolute Gasteiger partial charge is 0.348 e. The van der Waals surface area contributed by atoms with Gasteiger partial charge in [-0.25, -0.2) is 13.6 Å². The van der Waals surface area contributed by atoms with Crippen LogP contribution in [0.2, 0.25) is 0 Å². The Hall–Kier alpha value is -2.96. The predicted molar refractivity (Wildman–Crippen MR) is 91.7 cm³/mol. The number of carbonyl (C=O) groups is 2. The summed E-state index contributed by atoms with van der Waals surface area (Å²) in [6.07, 6.45) is -1.84. The normalized spacial score (nSPS) is 12.8. The minimum atomic E-state index is -1.25. The van der Waals surface area contributed by atoms with Crippen molar-refractivity contribution in [3.05, 3.63) is 60.2 Å². The van der Waals surface area contributed by atoms with E-state index in [1.807, 2.05) is 0 Å². The molecule has 5 nitrogen and oxygen atoms in total. The average molecular weight is 363 g/mol. The van der Waals surface area contributed by atoms with Crippen molar-refractivity contribution < 1.29 is 27.8 Å². The monoisotopic (exact) mass is 363 g/mol. The molecule has 138 valence electrons. The fourth-order valence-corrected chi connectivity index (χ4v) is 2.11. The lowest BCUT2D eigenvalue weighted by Gasteiger charge is -2.19. The molecule has 2 aromatic carbocycles. The van der Waals surface area contributed by atoms with Crippen LogP contribution in [0.4, 0.5) is 14.5 Å². The van der Waals surface area contributed by atoms with E-state index in [0.717, 1.165) is 12.1 Å². The molecule has 2 atom stereocenters. The molecule has 26 heavy (non-hydrogen) atoms. The van der Waals surface area contributed by atoms with Crippen molar-refractivity contribution in [3.63, 3.8) is 0 Å². The van der Waals surface area contributed by atoms with Crippen LogP contribution in [-0.2, 0) is 14.3 Å². The van der Waals surface area contributed by atoms with Crippen molar-refractivity contribution in [1.82, 2.24) is 0 Å². The summed E-state index contributed by atoms with van der Waals surface area (Å²) in [6.45, 7) is 3.04. The lowest BCUT2D eigenvalue weighted by Crippen LogP contribution is -2.36. The molecule has 0 spiro atoms. The lowest BCUT2D eigenvalue weighted by atomic mass is 10.2. The molecule has 0 fully saturated rings. The van der Waals surface area contributed by atoms with E-state index in [-0.39, 0.29) is 0 Å². The summed E-state index contributed by atoms with van der Waals surface area (Å²) in [5, 5.41) is 2.08. The fraction of sp³-hybridized carbons (Fsp3) is 0.263. The highest BCUT2D eigenvalue weighted by Crippen LogP contribution is 2.19. The molecule has 0 heterocycles. The molecule has 0 aromatic heterocycles. The number of ether oxygens (including phenoxy) is 2. The number of halogens is 2. The van der Waals surface area contributed by atoms with E-state index in [1.165, 1.54) is 13.0 Å². The molecule has 0 aliphatic heterocycles. The minimum absolute atomic E-state index is 0.323. The summed E-state index contributed by atoms with van der Waals surface area (Å²) in [4.78, 5) is 24.3. The molecule has 0 aliphatic carbocycles. The third-order valence-electron chi connectivity index (χ3n) is 3.53. The number of esters is 1. The summed E-state index contributed by atoms with van der Waals surface area (Å²) in [5.74, 6) is -2.95. The van der Waals surface area contributed by atoms with E-state index in [9.17, 15) is 18.4 Å². The number of amides is 1. The number of hydrogen-bond acceptors (Lipinski definition) is 4. The van der Waals surface area contributed by atoms with Crippen molar-refractivity contribution in [2.24, 2.45) is 0 Å². The fourth-order valence-electron chi connectivity index (χ4n) is 2.11. The predicted octanol–water partition coefficient (Wildman–Crippen LogP) is 3.69. The SMILES string of the molecule is CC[C@H](Oc1ccccc1)C(=O)O[C@@H](C)C(=O)Nc1c(F)cccc1F. The first-order chi connectivity index (χ1) is 12.4. The second kappa shape index (κ2) is 8.94. The third kappa shape index (κ3) is 5.02. The molecule has 0 aliphatic rings. The number of carbonyl (C=O) groups excluding carboxylic acids is 2. The highest BCUT2D eigenvalue weighted by molar-refractivity contribution is 5.95. The molecule has 1 amide bonds. The minimum Gasteiger partial charge on any atom is -0.479 e. The zero-order chi connectivity index (χ0) is 19.1. The van der Waals surface area contributed by atoms with Crippen LogP contribution >= 0.6 is 0 Å². The standard InChI is InChI=1S/C19H19F2NO4/c1-3-16(26-13-8-5-4-6-9-13)19(24)25-12(2)18(23)22-17-14(20)10-7-11-15(17)21/h4-12,16H,3H2,1-2H3,(H,22,23)/t12-,16-/m0/s1. The van der Waals surface area contributed by atoms with E-state index in [4.69, 9.17) is 9.47 Å². The van der Waals surface area contributed by atoms with Crippen LogP contribution in [0, 0.1) is 11.6 Å².